The van der Waals surface area contributed by atoms with Gasteiger partial charge in [-0.25, -0.2) is 18.6 Å². The highest BCUT2D eigenvalue weighted by molar-refractivity contribution is 5.95. The zero-order valence-corrected chi connectivity index (χ0v) is 15.8. The SMILES string of the molecule is NC1(c2c(F)c(NCCNc3ccccn3)c(F)c3[nH]cc(C(=O)O)c(=O)c23)CC1. The second-order valence-corrected chi connectivity index (χ2v) is 7.19. The second-order valence-electron chi connectivity index (χ2n) is 7.19. The molecule has 2 aromatic heterocycles. The number of benzene rings is 1. The van der Waals surface area contributed by atoms with Crippen LogP contribution in [0.2, 0.25) is 0 Å². The maximum Gasteiger partial charge on any atom is 0.341 e. The van der Waals surface area contributed by atoms with Crippen molar-refractivity contribution < 1.29 is 18.7 Å². The molecule has 0 spiro atoms. The first-order valence-electron chi connectivity index (χ1n) is 9.31. The van der Waals surface area contributed by atoms with Gasteiger partial charge < -0.3 is 26.5 Å². The van der Waals surface area contributed by atoms with Crippen LogP contribution in [0, 0.1) is 11.6 Å². The smallest absolute Gasteiger partial charge is 0.341 e. The Labute approximate surface area is 169 Å². The molecule has 1 fully saturated rings. The number of carboxylic acid groups (broad SMARTS) is 1. The average molecular weight is 415 g/mol. The number of carboxylic acids is 1. The summed E-state index contributed by atoms with van der Waals surface area (Å²) in [4.78, 5) is 30.6. The van der Waals surface area contributed by atoms with Crippen molar-refractivity contribution in [3.63, 3.8) is 0 Å². The van der Waals surface area contributed by atoms with Gasteiger partial charge in [-0.05, 0) is 25.0 Å². The lowest BCUT2D eigenvalue weighted by molar-refractivity contribution is 0.0695. The molecule has 4 rings (SSSR count). The van der Waals surface area contributed by atoms with Crippen LogP contribution >= 0.6 is 0 Å². The first kappa shape index (κ1) is 19.8. The van der Waals surface area contributed by atoms with E-state index >= 15 is 8.78 Å². The number of nitrogens with one attached hydrogen (secondary N) is 3. The molecule has 1 saturated carbocycles. The number of carbonyl (C=O) groups is 1. The van der Waals surface area contributed by atoms with Gasteiger partial charge in [-0.15, -0.1) is 0 Å². The standard InChI is InChI=1S/C20H19F2N5O3/c21-14-13(20(23)4-5-20)12-16(27-9-10(18(12)28)19(29)30)15(22)17(14)26-8-7-25-11-3-1-2-6-24-11/h1-3,6,9,26H,4-5,7-8,23H2,(H,24,25)(H,27,28)(H,29,30). The fourth-order valence-corrected chi connectivity index (χ4v) is 3.41. The van der Waals surface area contributed by atoms with Gasteiger partial charge in [0.2, 0.25) is 5.43 Å². The molecular formula is C20H19F2N5O3. The Morgan fingerprint density at radius 1 is 1.23 bits per heavy atom. The molecule has 0 bridgehead atoms. The Bertz CT molecular complexity index is 1190. The van der Waals surface area contributed by atoms with E-state index in [1.165, 1.54) is 0 Å². The Balaban J connectivity index is 1.73. The summed E-state index contributed by atoms with van der Waals surface area (Å²) in [5, 5.41) is 14.6. The number of pyridine rings is 2. The van der Waals surface area contributed by atoms with Crippen LogP contribution in [0.1, 0.15) is 28.8 Å². The molecule has 3 aromatic rings. The van der Waals surface area contributed by atoms with Crippen LogP contribution in [0.15, 0.2) is 35.4 Å². The van der Waals surface area contributed by atoms with E-state index in [2.05, 4.69) is 20.6 Å². The van der Waals surface area contributed by atoms with Crippen molar-refractivity contribution in [1.29, 1.82) is 0 Å². The van der Waals surface area contributed by atoms with Crippen molar-refractivity contribution in [3.05, 3.63) is 63.6 Å². The number of hydrogen-bond donors (Lipinski definition) is 5. The summed E-state index contributed by atoms with van der Waals surface area (Å²) in [6, 6.07) is 5.32. The number of aromatic amines is 1. The van der Waals surface area contributed by atoms with Crippen molar-refractivity contribution in [2.45, 2.75) is 18.4 Å². The largest absolute Gasteiger partial charge is 0.477 e. The third-order valence-corrected chi connectivity index (χ3v) is 5.13. The second kappa shape index (κ2) is 7.38. The van der Waals surface area contributed by atoms with E-state index in [1.54, 1.807) is 24.4 Å². The number of nitrogens with zero attached hydrogens (tertiary/aromatic N) is 1. The molecule has 156 valence electrons. The van der Waals surface area contributed by atoms with Crippen LogP contribution in [0.5, 0.6) is 0 Å². The fraction of sp³-hybridized carbons (Fsp3) is 0.250. The molecule has 10 heteroatoms. The van der Waals surface area contributed by atoms with Crippen molar-refractivity contribution in [1.82, 2.24) is 9.97 Å². The van der Waals surface area contributed by atoms with E-state index in [4.69, 9.17) is 5.73 Å². The van der Waals surface area contributed by atoms with Crippen LogP contribution in [0.4, 0.5) is 20.3 Å². The zero-order valence-electron chi connectivity index (χ0n) is 15.8. The summed E-state index contributed by atoms with van der Waals surface area (Å²) < 4.78 is 30.4. The van der Waals surface area contributed by atoms with Gasteiger partial charge in [0.15, 0.2) is 11.6 Å². The number of aromatic carboxylic acids is 1. The number of fused-ring (bicyclic) bond motifs is 1. The number of anilines is 2. The predicted octanol–water partition coefficient (Wildman–Crippen LogP) is 2.37. The van der Waals surface area contributed by atoms with Crippen molar-refractivity contribution in [3.8, 4) is 0 Å². The van der Waals surface area contributed by atoms with Crippen LogP contribution < -0.4 is 21.8 Å². The van der Waals surface area contributed by atoms with Crippen molar-refractivity contribution >= 4 is 28.4 Å². The van der Waals surface area contributed by atoms with Gasteiger partial charge >= 0.3 is 5.97 Å². The molecule has 0 unspecified atom stereocenters. The predicted molar refractivity (Wildman–Crippen MR) is 108 cm³/mol. The highest BCUT2D eigenvalue weighted by atomic mass is 19.1. The molecule has 0 amide bonds. The molecule has 0 atom stereocenters. The van der Waals surface area contributed by atoms with Gasteiger partial charge in [-0.2, -0.15) is 0 Å². The van der Waals surface area contributed by atoms with Crippen LogP contribution in [-0.2, 0) is 5.54 Å². The van der Waals surface area contributed by atoms with Crippen LogP contribution in [-0.4, -0.2) is 34.1 Å². The Hall–Kier alpha value is -3.53. The maximum atomic E-state index is 15.3. The van der Waals surface area contributed by atoms with Crippen molar-refractivity contribution in [2.24, 2.45) is 5.73 Å². The molecule has 6 N–H and O–H groups in total. The van der Waals surface area contributed by atoms with E-state index in [1.807, 2.05) is 0 Å². The highest BCUT2D eigenvalue weighted by Crippen LogP contribution is 2.47. The lowest BCUT2D eigenvalue weighted by Crippen LogP contribution is -2.27. The molecule has 0 aliphatic heterocycles. The number of rotatable bonds is 7. The van der Waals surface area contributed by atoms with E-state index in [-0.39, 0.29) is 23.0 Å². The third-order valence-electron chi connectivity index (χ3n) is 5.13. The number of hydrogen-bond acceptors (Lipinski definition) is 6. The summed E-state index contributed by atoms with van der Waals surface area (Å²) in [6.45, 7) is 0.482. The number of halogens is 2. The van der Waals surface area contributed by atoms with Crippen LogP contribution in [0.3, 0.4) is 0 Å². The van der Waals surface area contributed by atoms with Crippen molar-refractivity contribution in [2.75, 3.05) is 23.7 Å². The molecular weight excluding hydrogens is 396 g/mol. The summed E-state index contributed by atoms with van der Waals surface area (Å²) >= 11 is 0. The van der Waals surface area contributed by atoms with Gasteiger partial charge in [-0.1, -0.05) is 6.07 Å². The average Bonchev–Trinajstić information content (AvgIpc) is 3.46. The highest BCUT2D eigenvalue weighted by Gasteiger charge is 2.45. The molecule has 0 radical (unpaired) electrons. The normalized spacial score (nSPS) is 14.5. The number of H-pyrrole nitrogens is 1. The summed E-state index contributed by atoms with van der Waals surface area (Å²) in [7, 11) is 0. The lowest BCUT2D eigenvalue weighted by atomic mass is 9.96. The zero-order chi connectivity index (χ0) is 21.5. The van der Waals surface area contributed by atoms with E-state index < -0.39 is 39.8 Å². The first-order chi connectivity index (χ1) is 14.3. The monoisotopic (exact) mass is 415 g/mol. The topological polar surface area (TPSA) is 133 Å². The Morgan fingerprint density at radius 3 is 2.60 bits per heavy atom. The first-order valence-corrected chi connectivity index (χ1v) is 9.31. The third kappa shape index (κ3) is 3.35. The van der Waals surface area contributed by atoms with Gasteiger partial charge in [-0.3, -0.25) is 4.79 Å². The lowest BCUT2D eigenvalue weighted by Gasteiger charge is -2.19. The molecule has 1 aliphatic rings. The van der Waals surface area contributed by atoms with Gasteiger partial charge in [0, 0.05) is 36.6 Å². The summed E-state index contributed by atoms with van der Waals surface area (Å²) in [5.41, 5.74) is 2.60. The molecule has 30 heavy (non-hydrogen) atoms. The van der Waals surface area contributed by atoms with E-state index in [9.17, 15) is 14.7 Å². The Kier molecular flexibility index (Phi) is 4.86. The van der Waals surface area contributed by atoms with Gasteiger partial charge in [0.05, 0.1) is 10.9 Å². The Morgan fingerprint density at radius 2 is 1.97 bits per heavy atom. The molecule has 0 saturated heterocycles. The quantitative estimate of drug-likeness (QED) is 0.374. The van der Waals surface area contributed by atoms with E-state index in [0.29, 0.717) is 25.2 Å². The maximum absolute atomic E-state index is 15.3. The number of nitrogens with two attached hydrogens (primary N) is 1. The summed E-state index contributed by atoms with van der Waals surface area (Å²) in [5.74, 6) is -2.87. The van der Waals surface area contributed by atoms with E-state index in [0.717, 1.165) is 6.20 Å². The summed E-state index contributed by atoms with van der Waals surface area (Å²) in [6.07, 6.45) is 3.33. The fourth-order valence-electron chi connectivity index (χ4n) is 3.41. The molecule has 8 nitrogen and oxygen atoms in total. The number of aromatic nitrogens is 2. The van der Waals surface area contributed by atoms with Gasteiger partial charge in [0.25, 0.3) is 0 Å². The minimum atomic E-state index is -1.49. The molecule has 2 heterocycles. The minimum Gasteiger partial charge on any atom is -0.477 e. The van der Waals surface area contributed by atoms with Crippen LogP contribution in [0.25, 0.3) is 10.9 Å². The van der Waals surface area contributed by atoms with Gasteiger partial charge in [0.1, 0.15) is 17.1 Å². The molecule has 1 aliphatic carbocycles. The molecule has 1 aromatic carbocycles. The minimum absolute atomic E-state index is 0.157.